The molecule has 8 nitrogen and oxygen atoms in total. The minimum absolute atomic E-state index is 0.0512. The number of barbiturate groups is 1. The first-order valence-corrected chi connectivity index (χ1v) is 12.3. The van der Waals surface area contributed by atoms with Gasteiger partial charge < -0.3 is 10.1 Å². The van der Waals surface area contributed by atoms with Crippen LogP contribution in [-0.4, -0.2) is 30.4 Å². The van der Waals surface area contributed by atoms with Crippen molar-refractivity contribution in [3.63, 3.8) is 0 Å². The maximum atomic E-state index is 13.1. The number of hydrogen-bond donors (Lipinski definition) is 2. The highest BCUT2D eigenvalue weighted by Gasteiger charge is 2.37. The molecule has 194 valence electrons. The van der Waals surface area contributed by atoms with Gasteiger partial charge in [0.2, 0.25) is 0 Å². The Morgan fingerprint density at radius 1 is 1.00 bits per heavy atom. The summed E-state index contributed by atoms with van der Waals surface area (Å²) in [6.07, 6.45) is 1.25. The number of anilines is 2. The van der Waals surface area contributed by atoms with Crippen molar-refractivity contribution in [1.29, 1.82) is 0 Å². The predicted octanol–water partition coefficient (Wildman–Crippen LogP) is 5.95. The van der Waals surface area contributed by atoms with E-state index in [1.807, 2.05) is 32.0 Å². The third-order valence-corrected chi connectivity index (χ3v) is 6.31. The number of ether oxygens (including phenoxy) is 1. The number of urea groups is 1. The van der Waals surface area contributed by atoms with E-state index in [4.69, 9.17) is 39.5 Å². The Labute approximate surface area is 233 Å². The minimum Gasteiger partial charge on any atom is -0.481 e. The third kappa shape index (κ3) is 5.99. The van der Waals surface area contributed by atoms with E-state index in [1.165, 1.54) is 30.3 Å². The first-order chi connectivity index (χ1) is 18.0. The van der Waals surface area contributed by atoms with Crippen LogP contribution in [0, 0.1) is 13.8 Å². The summed E-state index contributed by atoms with van der Waals surface area (Å²) in [5.41, 5.74) is 2.72. The molecule has 1 aliphatic heterocycles. The number of benzene rings is 3. The van der Waals surface area contributed by atoms with Crippen LogP contribution in [0.25, 0.3) is 6.08 Å². The summed E-state index contributed by atoms with van der Waals surface area (Å²) in [4.78, 5) is 51.1. The molecule has 0 radical (unpaired) electrons. The van der Waals surface area contributed by atoms with Gasteiger partial charge in [-0.1, -0.05) is 53.0 Å². The molecule has 0 spiro atoms. The van der Waals surface area contributed by atoms with Crippen LogP contribution in [0.1, 0.15) is 16.7 Å². The van der Waals surface area contributed by atoms with Crippen molar-refractivity contribution in [3.05, 3.63) is 91.9 Å². The van der Waals surface area contributed by atoms with E-state index in [0.29, 0.717) is 16.3 Å². The predicted molar refractivity (Wildman–Crippen MR) is 147 cm³/mol. The van der Waals surface area contributed by atoms with Crippen molar-refractivity contribution in [1.82, 2.24) is 5.32 Å². The fourth-order valence-electron chi connectivity index (χ4n) is 3.67. The number of rotatable bonds is 6. The highest BCUT2D eigenvalue weighted by atomic mass is 35.5. The molecule has 4 rings (SSSR count). The van der Waals surface area contributed by atoms with E-state index in [9.17, 15) is 19.2 Å². The van der Waals surface area contributed by atoms with Gasteiger partial charge in [0, 0.05) is 10.7 Å². The zero-order valence-electron chi connectivity index (χ0n) is 20.1. The van der Waals surface area contributed by atoms with E-state index >= 15 is 0 Å². The average molecular weight is 573 g/mol. The Kier molecular flexibility index (Phi) is 8.06. The van der Waals surface area contributed by atoms with Gasteiger partial charge in [-0.05, 0) is 73.0 Å². The Hall–Kier alpha value is -3.85. The Bertz CT molecular complexity index is 1500. The summed E-state index contributed by atoms with van der Waals surface area (Å²) < 4.78 is 5.55. The molecule has 0 saturated carbocycles. The molecule has 0 atom stereocenters. The van der Waals surface area contributed by atoms with Crippen LogP contribution >= 0.6 is 34.8 Å². The van der Waals surface area contributed by atoms with Gasteiger partial charge in [0.15, 0.2) is 12.4 Å². The van der Waals surface area contributed by atoms with Crippen molar-refractivity contribution >= 4 is 76.0 Å². The molecular formula is C27H20Cl3N3O5. The maximum Gasteiger partial charge on any atom is 0.335 e. The molecule has 1 fully saturated rings. The molecule has 3 aromatic carbocycles. The Morgan fingerprint density at radius 3 is 2.39 bits per heavy atom. The molecular weight excluding hydrogens is 553 g/mol. The molecule has 2 N–H and O–H groups in total. The Balaban J connectivity index is 1.53. The third-order valence-electron chi connectivity index (χ3n) is 5.51. The number of nitrogens with one attached hydrogen (secondary N) is 2. The van der Waals surface area contributed by atoms with Crippen molar-refractivity contribution < 1.29 is 23.9 Å². The van der Waals surface area contributed by atoms with Crippen LogP contribution in [0.4, 0.5) is 16.2 Å². The normalized spacial score (nSPS) is 14.5. The molecule has 1 heterocycles. The maximum absolute atomic E-state index is 13.1. The van der Waals surface area contributed by atoms with E-state index < -0.39 is 23.8 Å². The van der Waals surface area contributed by atoms with Gasteiger partial charge in [0.05, 0.1) is 15.7 Å². The molecule has 38 heavy (non-hydrogen) atoms. The van der Waals surface area contributed by atoms with Crippen LogP contribution in [0.5, 0.6) is 5.75 Å². The summed E-state index contributed by atoms with van der Waals surface area (Å²) in [5.74, 6) is -2.08. The number of imide groups is 2. The molecule has 0 bridgehead atoms. The SMILES string of the molecule is Cc1ccc(C)c(NC(=O)COc2c(Cl)cc(/C=C3\C(=O)NC(=O)N(c4cccc(Cl)c4)C3=O)cc2Cl)c1. The van der Waals surface area contributed by atoms with Crippen LogP contribution in [0.15, 0.2) is 60.2 Å². The first-order valence-electron chi connectivity index (χ1n) is 11.2. The van der Waals surface area contributed by atoms with Gasteiger partial charge in [-0.15, -0.1) is 0 Å². The first kappa shape index (κ1) is 27.2. The van der Waals surface area contributed by atoms with Crippen molar-refractivity contribution in [2.24, 2.45) is 0 Å². The van der Waals surface area contributed by atoms with E-state index in [2.05, 4.69) is 10.6 Å². The van der Waals surface area contributed by atoms with Gasteiger partial charge in [-0.3, -0.25) is 19.7 Å². The van der Waals surface area contributed by atoms with Crippen LogP contribution in [0.2, 0.25) is 15.1 Å². The molecule has 3 aromatic rings. The lowest BCUT2D eigenvalue weighted by molar-refractivity contribution is -0.122. The van der Waals surface area contributed by atoms with E-state index in [-0.39, 0.29) is 33.7 Å². The standard InChI is InChI=1S/C27H20Cl3N3O5/c1-14-6-7-15(2)22(8-14)31-23(34)13-38-24-20(29)10-16(11-21(24)30)9-19-25(35)32-27(37)33(26(19)36)18-5-3-4-17(28)12-18/h3-12H,13H2,1-2H3,(H,31,34)(H,32,35,37)/b19-9+. The van der Waals surface area contributed by atoms with Gasteiger partial charge in [-0.2, -0.15) is 0 Å². The minimum atomic E-state index is -0.904. The molecule has 0 aromatic heterocycles. The highest BCUT2D eigenvalue weighted by molar-refractivity contribution is 6.40. The number of carbonyl (C=O) groups excluding carboxylic acids is 4. The molecule has 1 aliphatic rings. The number of hydrogen-bond acceptors (Lipinski definition) is 5. The number of halogens is 3. The van der Waals surface area contributed by atoms with E-state index in [1.54, 1.807) is 12.1 Å². The van der Waals surface area contributed by atoms with Gasteiger partial charge >= 0.3 is 6.03 Å². The molecule has 1 saturated heterocycles. The lowest BCUT2D eigenvalue weighted by Gasteiger charge is -2.26. The van der Waals surface area contributed by atoms with Crippen molar-refractivity contribution in [2.45, 2.75) is 13.8 Å². The van der Waals surface area contributed by atoms with Crippen molar-refractivity contribution in [3.8, 4) is 5.75 Å². The largest absolute Gasteiger partial charge is 0.481 e. The summed E-state index contributed by atoms with van der Waals surface area (Å²) in [6.45, 7) is 3.43. The van der Waals surface area contributed by atoms with Crippen LogP contribution < -0.4 is 20.3 Å². The van der Waals surface area contributed by atoms with E-state index in [0.717, 1.165) is 16.0 Å². The van der Waals surface area contributed by atoms with Gasteiger partial charge in [0.25, 0.3) is 17.7 Å². The lowest BCUT2D eigenvalue weighted by Crippen LogP contribution is -2.54. The summed E-state index contributed by atoms with van der Waals surface area (Å²) in [7, 11) is 0. The zero-order chi connectivity index (χ0) is 27.6. The Morgan fingerprint density at radius 2 is 1.71 bits per heavy atom. The second-order valence-electron chi connectivity index (χ2n) is 8.41. The fraction of sp³-hybridized carbons (Fsp3) is 0.111. The zero-order valence-corrected chi connectivity index (χ0v) is 22.4. The lowest BCUT2D eigenvalue weighted by atomic mass is 10.1. The van der Waals surface area contributed by atoms with Gasteiger partial charge in [-0.25, -0.2) is 9.69 Å². The van der Waals surface area contributed by atoms with Crippen molar-refractivity contribution in [2.75, 3.05) is 16.8 Å². The van der Waals surface area contributed by atoms with Crippen LogP contribution in [0.3, 0.4) is 0 Å². The summed E-state index contributed by atoms with van der Waals surface area (Å²) in [5, 5.41) is 5.32. The number of carbonyl (C=O) groups is 4. The summed E-state index contributed by atoms with van der Waals surface area (Å²) in [6, 6.07) is 13.7. The average Bonchev–Trinajstić information content (AvgIpc) is 2.83. The fourth-order valence-corrected chi connectivity index (χ4v) is 4.47. The number of amides is 5. The second kappa shape index (κ2) is 11.3. The second-order valence-corrected chi connectivity index (χ2v) is 9.66. The summed E-state index contributed by atoms with van der Waals surface area (Å²) >= 11 is 18.7. The molecule has 0 aliphatic carbocycles. The topological polar surface area (TPSA) is 105 Å². The number of aryl methyl sites for hydroxylation is 2. The molecule has 5 amide bonds. The highest BCUT2D eigenvalue weighted by Crippen LogP contribution is 2.35. The quantitative estimate of drug-likeness (QED) is 0.281. The smallest absolute Gasteiger partial charge is 0.335 e. The van der Waals surface area contributed by atoms with Crippen LogP contribution in [-0.2, 0) is 14.4 Å². The molecule has 0 unspecified atom stereocenters. The van der Waals surface area contributed by atoms with Gasteiger partial charge in [0.1, 0.15) is 5.57 Å². The molecule has 11 heteroatoms. The number of nitrogens with zero attached hydrogens (tertiary/aromatic N) is 1. The monoisotopic (exact) mass is 571 g/mol.